The first-order chi connectivity index (χ1) is 12.5. The number of hydrogen-bond acceptors (Lipinski definition) is 2. The zero-order chi connectivity index (χ0) is 18.7. The topological polar surface area (TPSA) is 40.5 Å². The average Bonchev–Trinajstić information content (AvgIpc) is 2.61. The van der Waals surface area contributed by atoms with Crippen molar-refractivity contribution in [2.75, 3.05) is 0 Å². The lowest BCUT2D eigenvalue weighted by molar-refractivity contribution is 0.328. The Morgan fingerprint density at radius 2 is 1.77 bits per heavy atom. The maximum Gasteiger partial charge on any atom is 0.123 e. The fourth-order valence-corrected chi connectivity index (χ4v) is 3.87. The van der Waals surface area contributed by atoms with E-state index in [1.807, 2.05) is 42.5 Å². The molecule has 0 aliphatic heterocycles. The summed E-state index contributed by atoms with van der Waals surface area (Å²) < 4.78 is 0. The zero-order valence-electron chi connectivity index (χ0n) is 15.8. The van der Waals surface area contributed by atoms with Gasteiger partial charge in [0.15, 0.2) is 0 Å². The van der Waals surface area contributed by atoms with Crippen molar-refractivity contribution in [3.8, 4) is 11.5 Å². The molecule has 0 saturated carbocycles. The summed E-state index contributed by atoms with van der Waals surface area (Å²) in [4.78, 5) is 0. The van der Waals surface area contributed by atoms with Crippen LogP contribution in [0.15, 0.2) is 54.1 Å². The van der Waals surface area contributed by atoms with E-state index < -0.39 is 0 Å². The zero-order valence-corrected chi connectivity index (χ0v) is 15.8. The Bertz CT molecular complexity index is 816. The van der Waals surface area contributed by atoms with Gasteiger partial charge in [0.2, 0.25) is 0 Å². The van der Waals surface area contributed by atoms with Crippen molar-refractivity contribution >= 4 is 12.2 Å². The normalized spacial score (nSPS) is 20.5. The number of rotatable bonds is 4. The van der Waals surface area contributed by atoms with E-state index in [1.54, 1.807) is 6.07 Å². The third-order valence-electron chi connectivity index (χ3n) is 5.55. The second kappa shape index (κ2) is 7.82. The predicted octanol–water partition coefficient (Wildman–Crippen LogP) is 6.36. The molecule has 1 aliphatic rings. The summed E-state index contributed by atoms with van der Waals surface area (Å²) in [6.07, 6.45) is 8.48. The molecule has 3 rings (SSSR count). The van der Waals surface area contributed by atoms with Gasteiger partial charge in [-0.25, -0.2) is 0 Å². The molecule has 0 bridgehead atoms. The van der Waals surface area contributed by atoms with Crippen LogP contribution < -0.4 is 0 Å². The van der Waals surface area contributed by atoms with Gasteiger partial charge < -0.3 is 10.2 Å². The second-order valence-electron chi connectivity index (χ2n) is 7.69. The molecule has 0 amide bonds. The molecule has 26 heavy (non-hydrogen) atoms. The minimum absolute atomic E-state index is 0.0943. The molecule has 1 aliphatic carbocycles. The Morgan fingerprint density at radius 1 is 1.04 bits per heavy atom. The van der Waals surface area contributed by atoms with Crippen molar-refractivity contribution in [2.24, 2.45) is 11.8 Å². The highest BCUT2D eigenvalue weighted by molar-refractivity contribution is 5.74. The van der Waals surface area contributed by atoms with Crippen LogP contribution in [0.4, 0.5) is 0 Å². The maximum atomic E-state index is 10.6. The molecule has 2 N–H and O–H groups in total. The molecule has 0 radical (unpaired) electrons. The summed E-state index contributed by atoms with van der Waals surface area (Å²) in [5, 5.41) is 20.7. The fourth-order valence-electron chi connectivity index (χ4n) is 3.87. The highest BCUT2D eigenvalue weighted by Gasteiger charge is 2.28. The molecule has 136 valence electrons. The summed E-state index contributed by atoms with van der Waals surface area (Å²) in [6, 6.07) is 13.3. The molecule has 2 nitrogen and oxygen atoms in total. The standard InChI is InChI=1S/C24H28O2/c1-16(2)19-11-9-17(3)22(14-19)24-20(13-21(25)15-23(24)26)12-10-18-7-5-4-6-8-18/h4-10,12-13,15-16,19,22,25-26H,11,14H2,1-3H3/b12-10+. The quantitative estimate of drug-likeness (QED) is 0.498. The van der Waals surface area contributed by atoms with Gasteiger partial charge in [-0.2, -0.15) is 0 Å². The van der Waals surface area contributed by atoms with Crippen molar-refractivity contribution in [1.82, 2.24) is 0 Å². The minimum atomic E-state index is 0.0943. The molecule has 2 unspecified atom stereocenters. The van der Waals surface area contributed by atoms with Gasteiger partial charge in [-0.05, 0) is 48.8 Å². The lowest BCUT2D eigenvalue weighted by Gasteiger charge is -2.32. The van der Waals surface area contributed by atoms with Crippen LogP contribution in [-0.2, 0) is 0 Å². The molecule has 2 heteroatoms. The second-order valence-corrected chi connectivity index (χ2v) is 7.69. The third kappa shape index (κ3) is 4.01. The van der Waals surface area contributed by atoms with Gasteiger partial charge in [0.05, 0.1) is 0 Å². The van der Waals surface area contributed by atoms with E-state index in [-0.39, 0.29) is 17.4 Å². The van der Waals surface area contributed by atoms with Crippen LogP contribution in [-0.4, -0.2) is 10.2 Å². The van der Waals surface area contributed by atoms with Gasteiger partial charge in [-0.3, -0.25) is 0 Å². The molecule has 2 aromatic carbocycles. The molecule has 2 aromatic rings. The van der Waals surface area contributed by atoms with Crippen molar-refractivity contribution in [3.63, 3.8) is 0 Å². The van der Waals surface area contributed by atoms with Crippen LogP contribution in [0.3, 0.4) is 0 Å². The van der Waals surface area contributed by atoms with E-state index in [0.29, 0.717) is 11.8 Å². The number of benzene rings is 2. The van der Waals surface area contributed by atoms with Gasteiger partial charge in [0.1, 0.15) is 11.5 Å². The van der Waals surface area contributed by atoms with E-state index in [4.69, 9.17) is 0 Å². The van der Waals surface area contributed by atoms with Gasteiger partial charge in [0.25, 0.3) is 0 Å². The summed E-state index contributed by atoms with van der Waals surface area (Å²) in [7, 11) is 0. The first-order valence-electron chi connectivity index (χ1n) is 9.41. The Labute approximate surface area is 156 Å². The van der Waals surface area contributed by atoms with E-state index in [2.05, 4.69) is 26.8 Å². The smallest absolute Gasteiger partial charge is 0.123 e. The van der Waals surface area contributed by atoms with Crippen molar-refractivity contribution in [3.05, 3.63) is 70.8 Å². The SMILES string of the molecule is CC1=CCC(C(C)C)CC1c1c(O)cc(O)cc1/C=C/c1ccccc1. The van der Waals surface area contributed by atoms with Crippen molar-refractivity contribution in [1.29, 1.82) is 0 Å². The lowest BCUT2D eigenvalue weighted by Crippen LogP contribution is -2.18. The Kier molecular flexibility index (Phi) is 5.51. The Balaban J connectivity index is 2.02. The fraction of sp³-hybridized carbons (Fsp3) is 0.333. The van der Waals surface area contributed by atoms with E-state index >= 15 is 0 Å². The number of hydrogen-bond donors (Lipinski definition) is 2. The van der Waals surface area contributed by atoms with E-state index in [9.17, 15) is 10.2 Å². The average molecular weight is 348 g/mol. The van der Waals surface area contributed by atoms with Crippen LogP contribution in [0, 0.1) is 11.8 Å². The molecule has 2 atom stereocenters. The molecule has 0 aromatic heterocycles. The molecule has 0 saturated heterocycles. The van der Waals surface area contributed by atoms with Gasteiger partial charge in [-0.1, -0.05) is 68.0 Å². The predicted molar refractivity (Wildman–Crippen MR) is 109 cm³/mol. The van der Waals surface area contributed by atoms with Crippen LogP contribution in [0.2, 0.25) is 0 Å². The minimum Gasteiger partial charge on any atom is -0.508 e. The van der Waals surface area contributed by atoms with E-state index in [1.165, 1.54) is 11.6 Å². The molecule has 0 heterocycles. The lowest BCUT2D eigenvalue weighted by atomic mass is 9.73. The van der Waals surface area contributed by atoms with Gasteiger partial charge in [-0.15, -0.1) is 0 Å². The highest BCUT2D eigenvalue weighted by atomic mass is 16.3. The summed E-state index contributed by atoms with van der Waals surface area (Å²) in [5.41, 5.74) is 4.21. The number of aromatic hydroxyl groups is 2. The summed E-state index contributed by atoms with van der Waals surface area (Å²) >= 11 is 0. The number of allylic oxidation sites excluding steroid dienone is 2. The summed E-state index contributed by atoms with van der Waals surface area (Å²) in [5.74, 6) is 1.69. The van der Waals surface area contributed by atoms with Crippen LogP contribution >= 0.6 is 0 Å². The Morgan fingerprint density at radius 3 is 2.46 bits per heavy atom. The highest BCUT2D eigenvalue weighted by Crippen LogP contribution is 2.45. The first kappa shape index (κ1) is 18.3. The number of phenolic OH excluding ortho intramolecular Hbond substituents is 2. The van der Waals surface area contributed by atoms with Crippen molar-refractivity contribution in [2.45, 2.75) is 39.5 Å². The Hall–Kier alpha value is -2.48. The molecule has 0 fully saturated rings. The largest absolute Gasteiger partial charge is 0.508 e. The van der Waals surface area contributed by atoms with Crippen LogP contribution in [0.5, 0.6) is 11.5 Å². The number of phenols is 2. The van der Waals surface area contributed by atoms with Gasteiger partial charge in [0, 0.05) is 17.5 Å². The molecule has 0 spiro atoms. The monoisotopic (exact) mass is 348 g/mol. The molecular formula is C24H28O2. The van der Waals surface area contributed by atoms with E-state index in [0.717, 1.165) is 29.5 Å². The maximum absolute atomic E-state index is 10.6. The summed E-state index contributed by atoms with van der Waals surface area (Å²) in [6.45, 7) is 6.68. The third-order valence-corrected chi connectivity index (χ3v) is 5.55. The van der Waals surface area contributed by atoms with Gasteiger partial charge >= 0.3 is 0 Å². The molecular weight excluding hydrogens is 320 g/mol. The van der Waals surface area contributed by atoms with Crippen LogP contribution in [0.1, 0.15) is 56.2 Å². The first-order valence-corrected chi connectivity index (χ1v) is 9.41. The van der Waals surface area contributed by atoms with Crippen LogP contribution in [0.25, 0.3) is 12.2 Å². The van der Waals surface area contributed by atoms with Crippen molar-refractivity contribution < 1.29 is 10.2 Å².